The second kappa shape index (κ2) is 8.83. The first-order chi connectivity index (χ1) is 15.1. The van der Waals surface area contributed by atoms with Gasteiger partial charge in [-0.25, -0.2) is 4.90 Å². The van der Waals surface area contributed by atoms with E-state index in [4.69, 9.17) is 9.47 Å². The van der Waals surface area contributed by atoms with Crippen LogP contribution in [0.3, 0.4) is 0 Å². The van der Waals surface area contributed by atoms with Gasteiger partial charge in [0.15, 0.2) is 0 Å². The minimum Gasteiger partial charge on any atom is -0.497 e. The summed E-state index contributed by atoms with van der Waals surface area (Å²) in [5.41, 5.74) is 2.36. The van der Waals surface area contributed by atoms with Crippen LogP contribution in [0.15, 0.2) is 78.9 Å². The third kappa shape index (κ3) is 4.19. The van der Waals surface area contributed by atoms with Crippen LogP contribution in [0.4, 0.5) is 5.69 Å². The molecule has 1 aliphatic heterocycles. The number of fused-ring (bicyclic) bond motifs is 1. The molecule has 0 N–H and O–H groups in total. The molecule has 156 valence electrons. The largest absolute Gasteiger partial charge is 0.497 e. The van der Waals surface area contributed by atoms with Crippen molar-refractivity contribution in [3.63, 3.8) is 0 Å². The fourth-order valence-corrected chi connectivity index (χ4v) is 3.63. The Balaban J connectivity index is 1.52. The number of esters is 1. The highest BCUT2D eigenvalue weighted by molar-refractivity contribution is 6.26. The molecule has 0 aliphatic carbocycles. The van der Waals surface area contributed by atoms with E-state index in [1.54, 1.807) is 55.6 Å². The highest BCUT2D eigenvalue weighted by Gasteiger charge is 2.42. The molecule has 1 unspecified atom stereocenters. The minimum atomic E-state index is -0.762. The Bertz CT molecular complexity index is 1110. The molecule has 1 atom stereocenters. The fraction of sp³-hybridized carbons (Fsp3) is 0.160. The second-order valence-corrected chi connectivity index (χ2v) is 7.17. The summed E-state index contributed by atoms with van der Waals surface area (Å²) in [7, 11) is 1.54. The quantitative estimate of drug-likeness (QED) is 0.448. The maximum absolute atomic E-state index is 13.2. The molecule has 0 bridgehead atoms. The topological polar surface area (TPSA) is 72.9 Å². The van der Waals surface area contributed by atoms with Crippen molar-refractivity contribution in [1.29, 1.82) is 0 Å². The number of nitrogens with zero attached hydrogens (tertiary/aromatic N) is 1. The molecule has 0 radical (unpaired) electrons. The minimum absolute atomic E-state index is 0.130. The number of anilines is 1. The van der Waals surface area contributed by atoms with Gasteiger partial charge in [-0.2, -0.15) is 0 Å². The fourth-order valence-electron chi connectivity index (χ4n) is 3.63. The number of imide groups is 1. The van der Waals surface area contributed by atoms with Crippen molar-refractivity contribution in [2.24, 2.45) is 0 Å². The van der Waals surface area contributed by atoms with Gasteiger partial charge in [0.1, 0.15) is 12.4 Å². The number of amides is 2. The average Bonchev–Trinajstić information content (AvgIpc) is 3.09. The smallest absolute Gasteiger partial charge is 0.307 e. The molecular weight excluding hydrogens is 394 g/mol. The van der Waals surface area contributed by atoms with E-state index in [1.807, 2.05) is 30.3 Å². The molecule has 3 aromatic rings. The van der Waals surface area contributed by atoms with Gasteiger partial charge in [0.2, 0.25) is 5.91 Å². The lowest BCUT2D eigenvalue weighted by molar-refractivity contribution is -0.146. The van der Waals surface area contributed by atoms with Crippen LogP contribution >= 0.6 is 0 Å². The zero-order valence-electron chi connectivity index (χ0n) is 17.0. The van der Waals surface area contributed by atoms with Gasteiger partial charge >= 0.3 is 5.97 Å². The normalized spacial score (nSPS) is 14.8. The van der Waals surface area contributed by atoms with Crippen molar-refractivity contribution in [1.82, 2.24) is 0 Å². The van der Waals surface area contributed by atoms with Crippen LogP contribution in [0, 0.1) is 0 Å². The molecular formula is C25H21NO5. The predicted molar refractivity (Wildman–Crippen MR) is 115 cm³/mol. The molecule has 0 saturated heterocycles. The van der Waals surface area contributed by atoms with Gasteiger partial charge in [0, 0.05) is 5.56 Å². The Hall–Kier alpha value is -3.93. The maximum Gasteiger partial charge on any atom is 0.307 e. The molecule has 1 heterocycles. The van der Waals surface area contributed by atoms with Gasteiger partial charge in [-0.3, -0.25) is 14.4 Å². The van der Waals surface area contributed by atoms with Crippen LogP contribution in [0.25, 0.3) is 0 Å². The summed E-state index contributed by atoms with van der Waals surface area (Å²) in [5.74, 6) is -1.51. The number of hydrogen-bond acceptors (Lipinski definition) is 5. The van der Waals surface area contributed by atoms with Gasteiger partial charge in [-0.05, 0) is 41.5 Å². The van der Waals surface area contributed by atoms with Gasteiger partial charge in [0.25, 0.3) is 5.91 Å². The lowest BCUT2D eigenvalue weighted by atomic mass is 9.97. The van der Waals surface area contributed by atoms with Crippen molar-refractivity contribution < 1.29 is 23.9 Å². The van der Waals surface area contributed by atoms with E-state index < -0.39 is 23.7 Å². The third-order valence-corrected chi connectivity index (χ3v) is 5.23. The van der Waals surface area contributed by atoms with Crippen LogP contribution in [-0.4, -0.2) is 24.9 Å². The lowest BCUT2D eigenvalue weighted by Crippen LogP contribution is -2.35. The Morgan fingerprint density at radius 2 is 1.58 bits per heavy atom. The van der Waals surface area contributed by atoms with E-state index in [-0.39, 0.29) is 13.0 Å². The summed E-state index contributed by atoms with van der Waals surface area (Å²) in [6.07, 6.45) is -0.130. The van der Waals surface area contributed by atoms with Crippen LogP contribution in [0.2, 0.25) is 0 Å². The van der Waals surface area contributed by atoms with Gasteiger partial charge < -0.3 is 9.47 Å². The summed E-state index contributed by atoms with van der Waals surface area (Å²) >= 11 is 0. The highest BCUT2D eigenvalue weighted by Crippen LogP contribution is 2.40. The molecule has 6 heteroatoms. The molecule has 3 aromatic carbocycles. The summed E-state index contributed by atoms with van der Waals surface area (Å²) in [4.78, 5) is 39.9. The molecule has 0 fully saturated rings. The number of carbonyl (C=O) groups is 3. The summed E-state index contributed by atoms with van der Waals surface area (Å²) in [5, 5.41) is 0. The lowest BCUT2D eigenvalue weighted by Gasteiger charge is -2.16. The predicted octanol–water partition coefficient (Wildman–Crippen LogP) is 4.10. The van der Waals surface area contributed by atoms with Gasteiger partial charge in [-0.1, -0.05) is 48.5 Å². The first-order valence-corrected chi connectivity index (χ1v) is 9.89. The molecule has 2 amide bonds. The SMILES string of the molecule is COc1ccc(C(=O)N2C(=O)C(CC(=O)OCc3ccccc3)c3ccccc32)cc1. The zero-order valence-corrected chi connectivity index (χ0v) is 17.0. The monoisotopic (exact) mass is 415 g/mol. The highest BCUT2D eigenvalue weighted by atomic mass is 16.5. The summed E-state index contributed by atoms with van der Waals surface area (Å²) in [6, 6.07) is 22.9. The molecule has 31 heavy (non-hydrogen) atoms. The number of benzene rings is 3. The van der Waals surface area contributed by atoms with E-state index >= 15 is 0 Å². The molecule has 6 nitrogen and oxygen atoms in total. The Labute approximate surface area is 180 Å². The van der Waals surface area contributed by atoms with E-state index in [1.165, 1.54) is 0 Å². The van der Waals surface area contributed by atoms with E-state index in [0.29, 0.717) is 22.6 Å². The number of ether oxygens (including phenoxy) is 2. The van der Waals surface area contributed by atoms with Crippen LogP contribution < -0.4 is 9.64 Å². The van der Waals surface area contributed by atoms with E-state index in [0.717, 1.165) is 10.5 Å². The molecule has 0 aromatic heterocycles. The first kappa shape index (κ1) is 20.3. The summed E-state index contributed by atoms with van der Waals surface area (Å²) < 4.78 is 10.5. The van der Waals surface area contributed by atoms with E-state index in [2.05, 4.69) is 0 Å². The number of para-hydroxylation sites is 1. The molecule has 4 rings (SSSR count). The van der Waals surface area contributed by atoms with Crippen LogP contribution in [0.5, 0.6) is 5.75 Å². The van der Waals surface area contributed by atoms with Gasteiger partial charge in [-0.15, -0.1) is 0 Å². The van der Waals surface area contributed by atoms with E-state index in [9.17, 15) is 14.4 Å². The van der Waals surface area contributed by atoms with Crippen molar-refractivity contribution in [3.05, 3.63) is 95.6 Å². The van der Waals surface area contributed by atoms with Crippen molar-refractivity contribution in [2.75, 3.05) is 12.0 Å². The van der Waals surface area contributed by atoms with Crippen molar-refractivity contribution in [3.8, 4) is 5.75 Å². The molecule has 1 aliphatic rings. The number of hydrogen-bond donors (Lipinski definition) is 0. The first-order valence-electron chi connectivity index (χ1n) is 9.89. The number of methoxy groups -OCH3 is 1. The van der Waals surface area contributed by atoms with Crippen LogP contribution in [0.1, 0.15) is 33.8 Å². The maximum atomic E-state index is 13.2. The van der Waals surface area contributed by atoms with Gasteiger partial charge in [0.05, 0.1) is 25.1 Å². The average molecular weight is 415 g/mol. The molecule has 0 spiro atoms. The third-order valence-electron chi connectivity index (χ3n) is 5.23. The Morgan fingerprint density at radius 1 is 0.903 bits per heavy atom. The summed E-state index contributed by atoms with van der Waals surface area (Å²) in [6.45, 7) is 0.136. The standard InChI is InChI=1S/C25H21NO5/c1-30-19-13-11-18(12-14-19)24(28)26-22-10-6-5-9-20(22)21(25(26)29)15-23(27)31-16-17-7-3-2-4-8-17/h2-14,21H,15-16H2,1H3. The Morgan fingerprint density at radius 3 is 2.29 bits per heavy atom. The zero-order chi connectivity index (χ0) is 21.8. The second-order valence-electron chi connectivity index (χ2n) is 7.17. The van der Waals surface area contributed by atoms with Crippen molar-refractivity contribution >= 4 is 23.5 Å². The number of rotatable bonds is 6. The Kier molecular flexibility index (Phi) is 5.80. The molecule has 0 saturated carbocycles. The number of carbonyl (C=O) groups excluding carboxylic acids is 3. The van der Waals surface area contributed by atoms with Crippen molar-refractivity contribution in [2.45, 2.75) is 18.9 Å². The van der Waals surface area contributed by atoms with Crippen LogP contribution in [-0.2, 0) is 20.9 Å².